The molecule has 3 atom stereocenters. The summed E-state index contributed by atoms with van der Waals surface area (Å²) < 4.78 is 7.69. The second-order valence-corrected chi connectivity index (χ2v) is 4.58. The summed E-state index contributed by atoms with van der Waals surface area (Å²) in [5, 5.41) is 18.8. The van der Waals surface area contributed by atoms with Gasteiger partial charge in [0.05, 0.1) is 19.0 Å². The third-order valence-electron chi connectivity index (χ3n) is 3.35. The number of fused-ring (bicyclic) bond motifs is 1. The van der Waals surface area contributed by atoms with Crippen LogP contribution in [0.5, 0.6) is 0 Å². The van der Waals surface area contributed by atoms with Crippen LogP contribution in [-0.2, 0) is 4.74 Å². The summed E-state index contributed by atoms with van der Waals surface area (Å²) in [6.07, 6.45) is -0.425. The van der Waals surface area contributed by atoms with E-state index in [-0.39, 0.29) is 30.1 Å². The van der Waals surface area contributed by atoms with Crippen LogP contribution < -0.4 is 17.1 Å². The summed E-state index contributed by atoms with van der Waals surface area (Å²) >= 11 is 0. The quantitative estimate of drug-likeness (QED) is 0.442. The van der Waals surface area contributed by atoms with Crippen molar-refractivity contribution in [2.45, 2.75) is 24.9 Å². The largest absolute Gasteiger partial charge is 0.394 e. The molecule has 3 rings (SSSR count). The SMILES string of the molecule is Nc1nc2c(ncn2C2CC(O)C(CO)O2)c(=O)n1N. The zero-order valence-corrected chi connectivity index (χ0v) is 10.4. The predicted octanol–water partition coefficient (Wildman–Crippen LogP) is -2.47. The molecule has 1 aliphatic rings. The van der Waals surface area contributed by atoms with Crippen molar-refractivity contribution in [3.8, 4) is 0 Å². The lowest BCUT2D eigenvalue weighted by Crippen LogP contribution is -2.31. The maximum atomic E-state index is 11.9. The summed E-state index contributed by atoms with van der Waals surface area (Å²) in [5.74, 6) is 5.29. The van der Waals surface area contributed by atoms with E-state index in [1.807, 2.05) is 0 Å². The maximum Gasteiger partial charge on any atom is 0.301 e. The fraction of sp³-hybridized carbons (Fsp3) is 0.500. The van der Waals surface area contributed by atoms with Gasteiger partial charge in [0.1, 0.15) is 12.3 Å². The first-order valence-corrected chi connectivity index (χ1v) is 5.97. The fourth-order valence-electron chi connectivity index (χ4n) is 2.26. The van der Waals surface area contributed by atoms with E-state index in [9.17, 15) is 9.90 Å². The van der Waals surface area contributed by atoms with Gasteiger partial charge in [-0.3, -0.25) is 9.36 Å². The number of nitrogens with two attached hydrogens (primary N) is 2. The smallest absolute Gasteiger partial charge is 0.301 e. The summed E-state index contributed by atoms with van der Waals surface area (Å²) in [6, 6.07) is 0. The molecule has 1 fully saturated rings. The van der Waals surface area contributed by atoms with Crippen molar-refractivity contribution in [2.24, 2.45) is 0 Å². The Hall–Kier alpha value is -2.17. The van der Waals surface area contributed by atoms with Crippen molar-refractivity contribution in [3.05, 3.63) is 16.7 Å². The number of aromatic nitrogens is 4. The predicted molar refractivity (Wildman–Crippen MR) is 68.0 cm³/mol. The number of nitrogen functional groups attached to an aromatic ring is 2. The number of hydrogen-bond acceptors (Lipinski definition) is 8. The van der Waals surface area contributed by atoms with Gasteiger partial charge in [-0.15, -0.1) is 0 Å². The molecule has 0 amide bonds. The number of anilines is 1. The van der Waals surface area contributed by atoms with Crippen LogP contribution in [0.25, 0.3) is 11.2 Å². The van der Waals surface area contributed by atoms with Gasteiger partial charge in [-0.25, -0.2) is 4.98 Å². The van der Waals surface area contributed by atoms with Gasteiger partial charge in [-0.2, -0.15) is 9.66 Å². The monoisotopic (exact) mass is 282 g/mol. The van der Waals surface area contributed by atoms with Gasteiger partial charge in [0, 0.05) is 6.42 Å². The second-order valence-electron chi connectivity index (χ2n) is 4.58. The first kappa shape index (κ1) is 12.8. The molecule has 2 aromatic heterocycles. The highest BCUT2D eigenvalue weighted by Crippen LogP contribution is 2.30. The normalized spacial score (nSPS) is 26.4. The Morgan fingerprint density at radius 1 is 1.55 bits per heavy atom. The zero-order chi connectivity index (χ0) is 14.4. The van der Waals surface area contributed by atoms with Crippen LogP contribution >= 0.6 is 0 Å². The average molecular weight is 282 g/mol. The zero-order valence-electron chi connectivity index (χ0n) is 10.4. The Labute approximate surface area is 112 Å². The van der Waals surface area contributed by atoms with Gasteiger partial charge < -0.3 is 26.5 Å². The van der Waals surface area contributed by atoms with Crippen LogP contribution in [0, 0.1) is 0 Å². The third-order valence-corrected chi connectivity index (χ3v) is 3.35. The summed E-state index contributed by atoms with van der Waals surface area (Å²) in [7, 11) is 0. The minimum atomic E-state index is -0.797. The van der Waals surface area contributed by atoms with Crippen molar-refractivity contribution >= 4 is 17.1 Å². The highest BCUT2D eigenvalue weighted by atomic mass is 16.5. The highest BCUT2D eigenvalue weighted by Gasteiger charge is 2.35. The minimum absolute atomic E-state index is 0.0623. The number of aliphatic hydroxyl groups is 2. The molecule has 0 saturated carbocycles. The van der Waals surface area contributed by atoms with Gasteiger partial charge in [0.2, 0.25) is 5.95 Å². The lowest BCUT2D eigenvalue weighted by Gasteiger charge is -2.13. The van der Waals surface area contributed by atoms with Crippen LogP contribution in [-0.4, -0.2) is 48.2 Å². The van der Waals surface area contributed by atoms with Gasteiger partial charge >= 0.3 is 5.56 Å². The first-order valence-electron chi connectivity index (χ1n) is 5.97. The molecule has 0 aliphatic carbocycles. The molecule has 1 saturated heterocycles. The molecule has 20 heavy (non-hydrogen) atoms. The van der Waals surface area contributed by atoms with Gasteiger partial charge in [0.25, 0.3) is 0 Å². The highest BCUT2D eigenvalue weighted by molar-refractivity contribution is 5.71. The molecule has 6 N–H and O–H groups in total. The van der Waals surface area contributed by atoms with Crippen LogP contribution in [0.15, 0.2) is 11.1 Å². The molecule has 10 heteroatoms. The molecule has 0 radical (unpaired) electrons. The number of imidazole rings is 1. The Kier molecular flexibility index (Phi) is 2.85. The molecule has 3 heterocycles. The van der Waals surface area contributed by atoms with Crippen LogP contribution in [0.3, 0.4) is 0 Å². The Balaban J connectivity index is 2.08. The van der Waals surface area contributed by atoms with Gasteiger partial charge in [-0.05, 0) is 0 Å². The molecule has 0 bridgehead atoms. The molecular weight excluding hydrogens is 268 g/mol. The van der Waals surface area contributed by atoms with Crippen LogP contribution in [0.4, 0.5) is 5.95 Å². The number of ether oxygens (including phenoxy) is 1. The van der Waals surface area contributed by atoms with Crippen molar-refractivity contribution in [1.29, 1.82) is 0 Å². The van der Waals surface area contributed by atoms with E-state index in [1.54, 1.807) is 0 Å². The number of nitrogens with zero attached hydrogens (tertiary/aromatic N) is 4. The molecule has 3 unspecified atom stereocenters. The molecule has 2 aromatic rings. The van der Waals surface area contributed by atoms with Gasteiger partial charge in [-0.1, -0.05) is 0 Å². The first-order chi connectivity index (χ1) is 9.52. The summed E-state index contributed by atoms with van der Waals surface area (Å²) in [5.41, 5.74) is 5.27. The average Bonchev–Trinajstić information content (AvgIpc) is 2.99. The fourth-order valence-corrected chi connectivity index (χ4v) is 2.26. The Morgan fingerprint density at radius 2 is 2.30 bits per heavy atom. The second kappa shape index (κ2) is 4.44. The lowest BCUT2D eigenvalue weighted by molar-refractivity contribution is -0.0432. The maximum absolute atomic E-state index is 11.9. The van der Waals surface area contributed by atoms with E-state index < -0.39 is 24.0 Å². The van der Waals surface area contributed by atoms with Crippen molar-refractivity contribution in [3.63, 3.8) is 0 Å². The van der Waals surface area contributed by atoms with Crippen molar-refractivity contribution in [1.82, 2.24) is 19.2 Å². The van der Waals surface area contributed by atoms with E-state index in [1.165, 1.54) is 10.9 Å². The standard InChI is InChI=1S/C10H14N6O4/c11-10-14-8-7(9(19)16(10)12)13-3-15(8)6-1-4(18)5(2-17)20-6/h3-6,17-18H,1-2,12H2,(H2,11,14). The molecule has 1 aliphatic heterocycles. The molecule has 0 aromatic carbocycles. The summed E-state index contributed by atoms with van der Waals surface area (Å²) in [4.78, 5) is 19.8. The van der Waals surface area contributed by atoms with E-state index in [2.05, 4.69) is 9.97 Å². The van der Waals surface area contributed by atoms with E-state index >= 15 is 0 Å². The summed E-state index contributed by atoms with van der Waals surface area (Å²) in [6.45, 7) is -0.296. The van der Waals surface area contributed by atoms with E-state index in [0.717, 1.165) is 0 Å². The minimum Gasteiger partial charge on any atom is -0.394 e. The lowest BCUT2D eigenvalue weighted by atomic mass is 10.2. The molecule has 0 spiro atoms. The number of rotatable bonds is 2. The number of hydrogen-bond donors (Lipinski definition) is 4. The Bertz CT molecular complexity index is 710. The van der Waals surface area contributed by atoms with Crippen LogP contribution in [0.2, 0.25) is 0 Å². The topological polar surface area (TPSA) is 154 Å². The number of aliphatic hydroxyl groups excluding tert-OH is 2. The van der Waals surface area contributed by atoms with E-state index in [0.29, 0.717) is 4.68 Å². The van der Waals surface area contributed by atoms with Gasteiger partial charge in [0.15, 0.2) is 11.2 Å². The molecule has 10 nitrogen and oxygen atoms in total. The van der Waals surface area contributed by atoms with Crippen molar-refractivity contribution < 1.29 is 14.9 Å². The van der Waals surface area contributed by atoms with E-state index in [4.69, 9.17) is 21.4 Å². The van der Waals surface area contributed by atoms with Crippen LogP contribution in [0.1, 0.15) is 12.6 Å². The molecular formula is C10H14N6O4. The molecule has 108 valence electrons. The van der Waals surface area contributed by atoms with Crippen molar-refractivity contribution in [2.75, 3.05) is 18.2 Å². The third kappa shape index (κ3) is 1.73. The Morgan fingerprint density at radius 3 is 2.95 bits per heavy atom.